The van der Waals surface area contributed by atoms with E-state index >= 15 is 0 Å². The van der Waals surface area contributed by atoms with Gasteiger partial charge in [-0.25, -0.2) is 4.98 Å². The monoisotopic (exact) mass is 227 g/mol. The molecular weight excluding hydrogens is 210 g/mol. The molecule has 2 heterocycles. The van der Waals surface area contributed by atoms with Gasteiger partial charge in [-0.05, 0) is 19.4 Å². The van der Waals surface area contributed by atoms with Gasteiger partial charge in [-0.1, -0.05) is 0 Å². The van der Waals surface area contributed by atoms with Crippen molar-refractivity contribution in [1.29, 1.82) is 0 Å². The van der Waals surface area contributed by atoms with E-state index in [1.54, 1.807) is 18.4 Å². The highest BCUT2D eigenvalue weighted by Crippen LogP contribution is 2.23. The number of nitrogen functional groups attached to an aromatic ring is 1. The zero-order valence-corrected chi connectivity index (χ0v) is 9.80. The van der Waals surface area contributed by atoms with Gasteiger partial charge in [0.25, 0.3) is 0 Å². The zero-order chi connectivity index (χ0) is 10.7. The molecule has 0 unspecified atom stereocenters. The maximum absolute atomic E-state index is 5.61. The van der Waals surface area contributed by atoms with Crippen LogP contribution in [-0.2, 0) is 11.3 Å². The number of anilines is 1. The van der Waals surface area contributed by atoms with Crippen LogP contribution in [0.1, 0.15) is 17.7 Å². The number of nitrogens with two attached hydrogens (primary N) is 1. The van der Waals surface area contributed by atoms with Gasteiger partial charge in [0.1, 0.15) is 0 Å². The minimum absolute atomic E-state index is 0.568. The first-order valence-corrected chi connectivity index (χ1v) is 6.04. The summed E-state index contributed by atoms with van der Waals surface area (Å²) in [4.78, 5) is 7.77. The number of nitrogens with zero attached hydrogens (tertiary/aromatic N) is 2. The molecule has 1 aromatic rings. The number of rotatable bonds is 4. The van der Waals surface area contributed by atoms with Gasteiger partial charge in [0, 0.05) is 30.8 Å². The second-order valence-corrected chi connectivity index (χ2v) is 5.03. The predicted octanol–water partition coefficient (Wildman–Crippen LogP) is 1.34. The first kappa shape index (κ1) is 10.9. The van der Waals surface area contributed by atoms with E-state index in [0.29, 0.717) is 11.2 Å². The Morgan fingerprint density at radius 1 is 1.73 bits per heavy atom. The highest BCUT2D eigenvalue weighted by molar-refractivity contribution is 7.15. The molecular formula is C10H17N3OS. The third kappa shape index (κ3) is 2.68. The van der Waals surface area contributed by atoms with Crippen molar-refractivity contribution < 1.29 is 4.74 Å². The summed E-state index contributed by atoms with van der Waals surface area (Å²) in [6.45, 7) is 2.95. The Hall–Kier alpha value is -0.650. The Bertz CT molecular complexity index is 315. The number of aromatic nitrogens is 1. The Kier molecular flexibility index (Phi) is 3.56. The van der Waals surface area contributed by atoms with Crippen molar-refractivity contribution in [3.8, 4) is 0 Å². The molecule has 0 aromatic carbocycles. The van der Waals surface area contributed by atoms with Gasteiger partial charge in [0.2, 0.25) is 0 Å². The summed E-state index contributed by atoms with van der Waals surface area (Å²) in [5.74, 6) is 0. The van der Waals surface area contributed by atoms with E-state index in [1.165, 1.54) is 17.7 Å². The molecule has 0 spiro atoms. The molecule has 0 saturated carbocycles. The smallest absolute Gasteiger partial charge is 0.180 e. The molecule has 1 aliphatic rings. The Morgan fingerprint density at radius 3 is 3.27 bits per heavy atom. The van der Waals surface area contributed by atoms with Crippen LogP contribution < -0.4 is 5.73 Å². The van der Waals surface area contributed by atoms with Crippen molar-refractivity contribution in [2.24, 2.45) is 0 Å². The lowest BCUT2D eigenvalue weighted by molar-refractivity contribution is 0.112. The van der Waals surface area contributed by atoms with E-state index < -0.39 is 0 Å². The summed E-state index contributed by atoms with van der Waals surface area (Å²) in [5, 5.41) is 0.660. The highest BCUT2D eigenvalue weighted by atomic mass is 32.1. The molecule has 0 radical (unpaired) electrons. The second kappa shape index (κ2) is 4.92. The van der Waals surface area contributed by atoms with Gasteiger partial charge in [-0.2, -0.15) is 0 Å². The van der Waals surface area contributed by atoms with E-state index in [2.05, 4.69) is 9.88 Å². The molecule has 0 aliphatic carbocycles. The van der Waals surface area contributed by atoms with Crippen molar-refractivity contribution in [1.82, 2.24) is 9.88 Å². The van der Waals surface area contributed by atoms with Crippen LogP contribution in [-0.4, -0.2) is 36.2 Å². The number of hydrogen-bond donors (Lipinski definition) is 1. The molecule has 84 valence electrons. The SMILES string of the molecule is COC[C@H]1CCCN1Cc1cnc(N)s1. The highest BCUT2D eigenvalue weighted by Gasteiger charge is 2.24. The van der Waals surface area contributed by atoms with Gasteiger partial charge in [0.15, 0.2) is 5.13 Å². The lowest BCUT2D eigenvalue weighted by atomic mass is 10.2. The van der Waals surface area contributed by atoms with Crippen LogP contribution in [0, 0.1) is 0 Å². The van der Waals surface area contributed by atoms with Crippen molar-refractivity contribution in [3.63, 3.8) is 0 Å². The van der Waals surface area contributed by atoms with Crippen LogP contribution in [0.3, 0.4) is 0 Å². The Morgan fingerprint density at radius 2 is 2.60 bits per heavy atom. The molecule has 5 heteroatoms. The maximum atomic E-state index is 5.61. The summed E-state index contributed by atoms with van der Waals surface area (Å²) < 4.78 is 5.22. The zero-order valence-electron chi connectivity index (χ0n) is 8.98. The number of hydrogen-bond acceptors (Lipinski definition) is 5. The van der Waals surface area contributed by atoms with E-state index in [9.17, 15) is 0 Å². The fraction of sp³-hybridized carbons (Fsp3) is 0.700. The molecule has 2 N–H and O–H groups in total. The van der Waals surface area contributed by atoms with Crippen molar-refractivity contribution in [2.45, 2.75) is 25.4 Å². The van der Waals surface area contributed by atoms with E-state index in [4.69, 9.17) is 10.5 Å². The third-order valence-corrected chi connectivity index (χ3v) is 3.60. The van der Waals surface area contributed by atoms with Gasteiger partial charge in [-0.15, -0.1) is 11.3 Å². The Balaban J connectivity index is 1.93. The average molecular weight is 227 g/mol. The number of ether oxygens (including phenoxy) is 1. The summed E-state index contributed by atoms with van der Waals surface area (Å²) in [7, 11) is 1.77. The van der Waals surface area contributed by atoms with Crippen molar-refractivity contribution in [2.75, 3.05) is 26.0 Å². The fourth-order valence-corrected chi connectivity index (χ4v) is 2.79. The molecule has 15 heavy (non-hydrogen) atoms. The lowest BCUT2D eigenvalue weighted by Crippen LogP contribution is -2.32. The summed E-state index contributed by atoms with van der Waals surface area (Å²) >= 11 is 1.58. The van der Waals surface area contributed by atoms with Crippen LogP contribution in [0.5, 0.6) is 0 Å². The number of thiazole rings is 1. The molecule has 1 saturated heterocycles. The van der Waals surface area contributed by atoms with Gasteiger partial charge >= 0.3 is 0 Å². The molecule has 4 nitrogen and oxygen atoms in total. The van der Waals surface area contributed by atoms with Gasteiger partial charge < -0.3 is 10.5 Å². The third-order valence-electron chi connectivity index (χ3n) is 2.79. The number of likely N-dealkylation sites (tertiary alicyclic amines) is 1. The van der Waals surface area contributed by atoms with Crippen molar-refractivity contribution in [3.05, 3.63) is 11.1 Å². The lowest BCUT2D eigenvalue weighted by Gasteiger charge is -2.22. The van der Waals surface area contributed by atoms with E-state index in [0.717, 1.165) is 19.7 Å². The van der Waals surface area contributed by atoms with Gasteiger partial charge in [0.05, 0.1) is 6.61 Å². The standard InChI is InChI=1S/C10H17N3OS/c1-14-7-8-3-2-4-13(8)6-9-5-12-10(11)15-9/h5,8H,2-4,6-7H2,1H3,(H2,11,12)/t8-/m1/s1. The summed E-state index contributed by atoms with van der Waals surface area (Å²) in [6, 6.07) is 0.568. The van der Waals surface area contributed by atoms with Crippen LogP contribution >= 0.6 is 11.3 Å². The molecule has 0 amide bonds. The van der Waals surface area contributed by atoms with Gasteiger partial charge in [-0.3, -0.25) is 4.90 Å². The second-order valence-electron chi connectivity index (χ2n) is 3.89. The topological polar surface area (TPSA) is 51.4 Å². The Labute approximate surface area is 94.1 Å². The van der Waals surface area contributed by atoms with E-state index in [1.807, 2.05) is 6.20 Å². The van der Waals surface area contributed by atoms with E-state index in [-0.39, 0.29) is 0 Å². The normalized spacial score (nSPS) is 22.3. The molecule has 1 fully saturated rings. The average Bonchev–Trinajstić information content (AvgIpc) is 2.78. The molecule has 1 aliphatic heterocycles. The summed E-state index contributed by atoms with van der Waals surface area (Å²) in [5.41, 5.74) is 5.61. The van der Waals surface area contributed by atoms with Crippen LogP contribution in [0.4, 0.5) is 5.13 Å². The molecule has 1 aromatic heterocycles. The van der Waals surface area contributed by atoms with Crippen molar-refractivity contribution >= 4 is 16.5 Å². The quantitative estimate of drug-likeness (QED) is 0.843. The first-order valence-electron chi connectivity index (χ1n) is 5.23. The fourth-order valence-electron chi connectivity index (χ4n) is 2.08. The predicted molar refractivity (Wildman–Crippen MR) is 61.8 cm³/mol. The first-order chi connectivity index (χ1) is 7.29. The minimum atomic E-state index is 0.568. The molecule has 2 rings (SSSR count). The minimum Gasteiger partial charge on any atom is -0.383 e. The summed E-state index contributed by atoms with van der Waals surface area (Å²) in [6.07, 6.45) is 4.38. The van der Waals surface area contributed by atoms with Crippen LogP contribution in [0.2, 0.25) is 0 Å². The maximum Gasteiger partial charge on any atom is 0.180 e. The molecule has 1 atom stereocenters. The largest absolute Gasteiger partial charge is 0.383 e. The molecule has 0 bridgehead atoms. The van der Waals surface area contributed by atoms with Crippen LogP contribution in [0.25, 0.3) is 0 Å². The van der Waals surface area contributed by atoms with Crippen LogP contribution in [0.15, 0.2) is 6.20 Å². The number of methoxy groups -OCH3 is 1.